The number of imidazole rings is 1. The lowest BCUT2D eigenvalue weighted by molar-refractivity contribution is 0.0506. The van der Waals surface area contributed by atoms with E-state index in [2.05, 4.69) is 15.3 Å². The molecular formula is C14H23N3O2. The van der Waals surface area contributed by atoms with Gasteiger partial charge in [-0.2, -0.15) is 0 Å². The number of alkyl carbamates (subject to hydrolysis) is 1. The zero-order chi connectivity index (χ0) is 14.0. The maximum Gasteiger partial charge on any atom is 0.408 e. The second-order valence-electron chi connectivity index (χ2n) is 6.12. The minimum absolute atomic E-state index is 0.166. The quantitative estimate of drug-likeness (QED) is 0.864. The molecule has 1 aromatic rings. The normalized spacial score (nSPS) is 16.6. The van der Waals surface area contributed by atoms with Crippen molar-refractivity contribution in [3.8, 4) is 0 Å². The molecule has 0 aliphatic heterocycles. The van der Waals surface area contributed by atoms with Crippen molar-refractivity contribution in [2.45, 2.75) is 65.0 Å². The number of nitrogens with one attached hydrogen (secondary N) is 2. The van der Waals surface area contributed by atoms with E-state index in [-0.39, 0.29) is 6.04 Å². The molecule has 0 radical (unpaired) electrons. The van der Waals surface area contributed by atoms with E-state index in [0.717, 1.165) is 24.4 Å². The van der Waals surface area contributed by atoms with Crippen molar-refractivity contribution < 1.29 is 9.53 Å². The third kappa shape index (κ3) is 3.72. The minimum atomic E-state index is -0.480. The zero-order valence-corrected chi connectivity index (χ0v) is 12.2. The van der Waals surface area contributed by atoms with E-state index in [1.165, 1.54) is 18.5 Å². The molecule has 1 atom stereocenters. The molecule has 1 aliphatic rings. The molecule has 19 heavy (non-hydrogen) atoms. The van der Waals surface area contributed by atoms with Crippen LogP contribution < -0.4 is 5.32 Å². The van der Waals surface area contributed by atoms with Gasteiger partial charge in [0, 0.05) is 5.69 Å². The van der Waals surface area contributed by atoms with Gasteiger partial charge in [0.05, 0.1) is 11.7 Å². The Labute approximate surface area is 114 Å². The Morgan fingerprint density at radius 2 is 2.05 bits per heavy atom. The van der Waals surface area contributed by atoms with E-state index in [9.17, 15) is 4.79 Å². The SMILES string of the molecule is C[C@@H](NC(=O)OC(C)(C)C)c1nc2c([nH]1)CCCC2. The van der Waals surface area contributed by atoms with E-state index in [0.29, 0.717) is 0 Å². The first-order valence-corrected chi connectivity index (χ1v) is 6.92. The van der Waals surface area contributed by atoms with Crippen molar-refractivity contribution in [1.82, 2.24) is 15.3 Å². The highest BCUT2D eigenvalue weighted by Gasteiger charge is 2.21. The van der Waals surface area contributed by atoms with Crippen LogP contribution in [-0.2, 0) is 17.6 Å². The molecule has 0 saturated heterocycles. The number of hydrogen-bond acceptors (Lipinski definition) is 3. The monoisotopic (exact) mass is 265 g/mol. The van der Waals surface area contributed by atoms with Crippen LogP contribution in [0.1, 0.15) is 63.8 Å². The van der Waals surface area contributed by atoms with Gasteiger partial charge in [-0.05, 0) is 53.4 Å². The Hall–Kier alpha value is -1.52. The summed E-state index contributed by atoms with van der Waals surface area (Å²) in [6, 6.07) is -0.166. The molecule has 1 aromatic heterocycles. The first-order chi connectivity index (χ1) is 8.85. The highest BCUT2D eigenvalue weighted by Crippen LogP contribution is 2.21. The summed E-state index contributed by atoms with van der Waals surface area (Å²) in [6.07, 6.45) is 4.09. The molecule has 0 aromatic carbocycles. The molecule has 0 bridgehead atoms. The molecule has 1 heterocycles. The number of carbonyl (C=O) groups excluding carboxylic acids is 1. The summed E-state index contributed by atoms with van der Waals surface area (Å²) in [5.74, 6) is 0.817. The lowest BCUT2D eigenvalue weighted by Gasteiger charge is -2.21. The smallest absolute Gasteiger partial charge is 0.408 e. The zero-order valence-electron chi connectivity index (χ0n) is 12.2. The second-order valence-corrected chi connectivity index (χ2v) is 6.12. The Morgan fingerprint density at radius 1 is 1.37 bits per heavy atom. The number of aryl methyl sites for hydroxylation is 2. The predicted molar refractivity (Wildman–Crippen MR) is 73.0 cm³/mol. The summed E-state index contributed by atoms with van der Waals surface area (Å²) in [6.45, 7) is 7.46. The van der Waals surface area contributed by atoms with Crippen LogP contribution in [-0.4, -0.2) is 21.7 Å². The summed E-state index contributed by atoms with van der Waals surface area (Å²) >= 11 is 0. The van der Waals surface area contributed by atoms with Gasteiger partial charge in [0.1, 0.15) is 11.4 Å². The van der Waals surface area contributed by atoms with Crippen molar-refractivity contribution in [3.63, 3.8) is 0 Å². The maximum absolute atomic E-state index is 11.7. The van der Waals surface area contributed by atoms with Crippen molar-refractivity contribution in [1.29, 1.82) is 0 Å². The topological polar surface area (TPSA) is 67.0 Å². The van der Waals surface area contributed by atoms with Gasteiger partial charge < -0.3 is 15.0 Å². The van der Waals surface area contributed by atoms with Crippen LogP contribution in [0.25, 0.3) is 0 Å². The molecular weight excluding hydrogens is 242 g/mol. The summed E-state index contributed by atoms with van der Waals surface area (Å²) in [5, 5.41) is 2.81. The molecule has 0 spiro atoms. The minimum Gasteiger partial charge on any atom is -0.444 e. The van der Waals surface area contributed by atoms with E-state index in [4.69, 9.17) is 4.74 Å². The molecule has 1 aliphatic carbocycles. The van der Waals surface area contributed by atoms with Gasteiger partial charge >= 0.3 is 6.09 Å². The Balaban J connectivity index is 1.98. The van der Waals surface area contributed by atoms with Crippen LogP contribution >= 0.6 is 0 Å². The molecule has 0 fully saturated rings. The van der Waals surface area contributed by atoms with Crippen molar-refractivity contribution in [3.05, 3.63) is 17.2 Å². The fraction of sp³-hybridized carbons (Fsp3) is 0.714. The fourth-order valence-corrected chi connectivity index (χ4v) is 2.23. The van der Waals surface area contributed by atoms with E-state index in [1.807, 2.05) is 27.7 Å². The first-order valence-electron chi connectivity index (χ1n) is 6.92. The predicted octanol–water partition coefficient (Wildman–Crippen LogP) is 2.87. The Bertz CT molecular complexity index is 436. The third-order valence-electron chi connectivity index (χ3n) is 3.12. The van der Waals surface area contributed by atoms with Gasteiger partial charge in [-0.15, -0.1) is 0 Å². The van der Waals surface area contributed by atoms with Gasteiger partial charge in [0.25, 0.3) is 0 Å². The van der Waals surface area contributed by atoms with E-state index < -0.39 is 11.7 Å². The van der Waals surface area contributed by atoms with Crippen LogP contribution in [0.5, 0.6) is 0 Å². The number of hydrogen-bond donors (Lipinski definition) is 2. The van der Waals surface area contributed by atoms with Crippen LogP contribution in [0, 0.1) is 0 Å². The molecule has 1 amide bonds. The lowest BCUT2D eigenvalue weighted by Crippen LogP contribution is -2.34. The number of amides is 1. The largest absolute Gasteiger partial charge is 0.444 e. The van der Waals surface area contributed by atoms with Crippen LogP contribution in [0.3, 0.4) is 0 Å². The summed E-state index contributed by atoms with van der Waals surface area (Å²) in [7, 11) is 0. The van der Waals surface area contributed by atoms with E-state index in [1.54, 1.807) is 0 Å². The standard InChI is InChI=1S/C14H23N3O2/c1-9(15-13(18)19-14(2,3)4)12-16-10-7-5-6-8-11(10)17-12/h9H,5-8H2,1-4H3,(H,15,18)(H,16,17)/t9-/m1/s1. The van der Waals surface area contributed by atoms with Crippen LogP contribution in [0.15, 0.2) is 0 Å². The molecule has 0 saturated carbocycles. The van der Waals surface area contributed by atoms with Crippen LogP contribution in [0.4, 0.5) is 4.79 Å². The average molecular weight is 265 g/mol. The Kier molecular flexibility index (Phi) is 3.83. The molecule has 0 unspecified atom stereocenters. The number of rotatable bonds is 2. The number of fused-ring (bicyclic) bond motifs is 1. The maximum atomic E-state index is 11.7. The van der Waals surface area contributed by atoms with Gasteiger partial charge in [-0.3, -0.25) is 0 Å². The first kappa shape index (κ1) is 13.9. The molecule has 106 valence electrons. The highest BCUT2D eigenvalue weighted by molar-refractivity contribution is 5.68. The van der Waals surface area contributed by atoms with Gasteiger partial charge in [0.2, 0.25) is 0 Å². The average Bonchev–Trinajstić information content (AvgIpc) is 2.69. The van der Waals surface area contributed by atoms with Gasteiger partial charge in [-0.1, -0.05) is 0 Å². The summed E-state index contributed by atoms with van der Waals surface area (Å²) < 4.78 is 5.24. The molecule has 5 heteroatoms. The molecule has 5 nitrogen and oxygen atoms in total. The number of aromatic nitrogens is 2. The van der Waals surface area contributed by atoms with Crippen molar-refractivity contribution in [2.75, 3.05) is 0 Å². The van der Waals surface area contributed by atoms with Gasteiger partial charge in [-0.25, -0.2) is 9.78 Å². The second kappa shape index (κ2) is 5.23. The summed E-state index contributed by atoms with van der Waals surface area (Å²) in [4.78, 5) is 19.6. The summed E-state index contributed by atoms with van der Waals surface area (Å²) in [5.41, 5.74) is 1.89. The fourth-order valence-electron chi connectivity index (χ4n) is 2.23. The highest BCUT2D eigenvalue weighted by atomic mass is 16.6. The van der Waals surface area contributed by atoms with Crippen molar-refractivity contribution in [2.24, 2.45) is 0 Å². The van der Waals surface area contributed by atoms with Crippen molar-refractivity contribution >= 4 is 6.09 Å². The van der Waals surface area contributed by atoms with Gasteiger partial charge in [0.15, 0.2) is 0 Å². The van der Waals surface area contributed by atoms with E-state index >= 15 is 0 Å². The number of carbonyl (C=O) groups is 1. The number of nitrogens with zero attached hydrogens (tertiary/aromatic N) is 1. The lowest BCUT2D eigenvalue weighted by atomic mass is 10.0. The number of H-pyrrole nitrogens is 1. The molecule has 2 rings (SSSR count). The third-order valence-corrected chi connectivity index (χ3v) is 3.12. The number of aromatic amines is 1. The van der Waals surface area contributed by atoms with Crippen LogP contribution in [0.2, 0.25) is 0 Å². The molecule has 2 N–H and O–H groups in total. The Morgan fingerprint density at radius 3 is 2.68 bits per heavy atom. The number of ether oxygens (including phenoxy) is 1.